The summed E-state index contributed by atoms with van der Waals surface area (Å²) in [6, 6.07) is 0. The van der Waals surface area contributed by atoms with Gasteiger partial charge in [-0.25, -0.2) is 4.79 Å². The van der Waals surface area contributed by atoms with Crippen LogP contribution in [0.15, 0.2) is 0 Å². The Bertz CT molecular complexity index is 186. The molecular weight excluding hydrogens is 186 g/mol. The third kappa shape index (κ3) is 8.99. The van der Waals surface area contributed by atoms with Gasteiger partial charge in [-0.3, -0.25) is 4.84 Å². The van der Waals surface area contributed by atoms with Gasteiger partial charge in [-0.15, -0.1) is 0 Å². The smallest absolute Gasteiger partial charge is 0.431 e. The molecule has 0 atom stereocenters. The molecule has 0 fully saturated rings. The van der Waals surface area contributed by atoms with Gasteiger partial charge in [0.05, 0.1) is 6.61 Å². The molecule has 82 valence electrons. The van der Waals surface area contributed by atoms with Crippen LogP contribution < -0.4 is 5.48 Å². The fraction of sp³-hybridized carbons (Fsp3) is 0.778. The summed E-state index contributed by atoms with van der Waals surface area (Å²) in [6.45, 7) is 5.59. The lowest BCUT2D eigenvalue weighted by Crippen LogP contribution is -2.32. The summed E-state index contributed by atoms with van der Waals surface area (Å²) in [7, 11) is 0. The summed E-state index contributed by atoms with van der Waals surface area (Å²) < 4.78 is 4.90. The Balaban J connectivity index is 3.41. The number of ether oxygens (including phenoxy) is 1. The minimum atomic E-state index is -0.622. The van der Waals surface area contributed by atoms with Crippen molar-refractivity contribution >= 4 is 12.4 Å². The molecule has 1 amide bonds. The van der Waals surface area contributed by atoms with E-state index in [2.05, 4.69) is 5.48 Å². The number of hydrogen-bond acceptors (Lipinski definition) is 4. The van der Waals surface area contributed by atoms with Crippen LogP contribution in [-0.4, -0.2) is 24.6 Å². The van der Waals surface area contributed by atoms with Gasteiger partial charge in [-0.1, -0.05) is 0 Å². The molecule has 0 heterocycles. The highest BCUT2D eigenvalue weighted by molar-refractivity contribution is 5.66. The molecule has 0 saturated carbocycles. The molecule has 0 bridgehead atoms. The van der Waals surface area contributed by atoms with Crippen molar-refractivity contribution < 1.29 is 19.2 Å². The number of aldehydes is 1. The van der Waals surface area contributed by atoms with Gasteiger partial charge in [0.25, 0.3) is 0 Å². The minimum Gasteiger partial charge on any atom is -0.442 e. The van der Waals surface area contributed by atoms with Crippen molar-refractivity contribution in [3.05, 3.63) is 0 Å². The number of rotatable bonds is 5. The van der Waals surface area contributed by atoms with Crippen LogP contribution in [0.1, 0.15) is 33.6 Å². The van der Waals surface area contributed by atoms with Gasteiger partial charge >= 0.3 is 6.09 Å². The van der Waals surface area contributed by atoms with E-state index in [4.69, 9.17) is 9.57 Å². The summed E-state index contributed by atoms with van der Waals surface area (Å²) >= 11 is 0. The Morgan fingerprint density at radius 2 is 2.07 bits per heavy atom. The average Bonchev–Trinajstić information content (AvgIpc) is 2.00. The molecule has 5 nitrogen and oxygen atoms in total. The topological polar surface area (TPSA) is 64.6 Å². The molecule has 5 heteroatoms. The van der Waals surface area contributed by atoms with Crippen LogP contribution in [-0.2, 0) is 14.4 Å². The Morgan fingerprint density at radius 3 is 2.57 bits per heavy atom. The first kappa shape index (κ1) is 12.9. The molecule has 0 unspecified atom stereocenters. The molecule has 0 aliphatic carbocycles. The fourth-order valence-electron chi connectivity index (χ4n) is 0.648. The van der Waals surface area contributed by atoms with Crippen LogP contribution in [0.25, 0.3) is 0 Å². The standard InChI is InChI=1S/C9H17NO4/c1-9(2,3)14-8(12)10-13-7-5-4-6-11/h6H,4-5,7H2,1-3H3,(H,10,12). The Hall–Kier alpha value is -1.10. The molecule has 0 aliphatic rings. The molecule has 0 aliphatic heterocycles. The van der Waals surface area contributed by atoms with Gasteiger partial charge in [-0.05, 0) is 27.2 Å². The highest BCUT2D eigenvalue weighted by atomic mass is 16.7. The van der Waals surface area contributed by atoms with E-state index in [1.807, 2.05) is 0 Å². The first-order chi connectivity index (χ1) is 6.45. The lowest BCUT2D eigenvalue weighted by molar-refractivity contribution is -0.108. The minimum absolute atomic E-state index is 0.304. The number of hydrogen-bond donors (Lipinski definition) is 1. The zero-order valence-electron chi connectivity index (χ0n) is 8.83. The number of hydroxylamine groups is 1. The zero-order chi connectivity index (χ0) is 11.0. The van der Waals surface area contributed by atoms with E-state index in [-0.39, 0.29) is 0 Å². The van der Waals surface area contributed by atoms with Crippen LogP contribution in [0.5, 0.6) is 0 Å². The molecular formula is C9H17NO4. The van der Waals surface area contributed by atoms with Crippen LogP contribution in [0.2, 0.25) is 0 Å². The molecule has 0 saturated heterocycles. The number of carbonyl (C=O) groups is 2. The predicted octanol–water partition coefficient (Wildman–Crippen LogP) is 1.42. The van der Waals surface area contributed by atoms with Crippen molar-refractivity contribution in [2.75, 3.05) is 6.61 Å². The third-order valence-corrected chi connectivity index (χ3v) is 1.12. The normalized spacial score (nSPS) is 10.8. The summed E-state index contributed by atoms with van der Waals surface area (Å²) in [5, 5.41) is 0. The van der Waals surface area contributed by atoms with Gasteiger partial charge in [0.1, 0.15) is 11.9 Å². The predicted molar refractivity (Wildman–Crippen MR) is 50.6 cm³/mol. The van der Waals surface area contributed by atoms with Crippen LogP contribution in [0, 0.1) is 0 Å². The largest absolute Gasteiger partial charge is 0.442 e. The molecule has 0 radical (unpaired) electrons. The van der Waals surface area contributed by atoms with Crippen LogP contribution in [0.3, 0.4) is 0 Å². The molecule has 1 N–H and O–H groups in total. The fourth-order valence-corrected chi connectivity index (χ4v) is 0.648. The number of carbonyl (C=O) groups excluding carboxylic acids is 2. The average molecular weight is 203 g/mol. The second kappa shape index (κ2) is 6.37. The molecule has 14 heavy (non-hydrogen) atoms. The lowest BCUT2D eigenvalue weighted by Gasteiger charge is -2.19. The summed E-state index contributed by atoms with van der Waals surface area (Å²) in [6.07, 6.45) is 1.19. The molecule has 0 aromatic heterocycles. The Labute approximate surface area is 83.7 Å². The maximum absolute atomic E-state index is 11.0. The monoisotopic (exact) mass is 203 g/mol. The first-order valence-corrected chi connectivity index (χ1v) is 4.50. The van der Waals surface area contributed by atoms with Crippen LogP contribution >= 0.6 is 0 Å². The van der Waals surface area contributed by atoms with E-state index < -0.39 is 11.7 Å². The van der Waals surface area contributed by atoms with Gasteiger partial charge in [-0.2, -0.15) is 5.48 Å². The van der Waals surface area contributed by atoms with E-state index in [1.54, 1.807) is 20.8 Å². The molecule has 0 rings (SSSR count). The summed E-state index contributed by atoms with van der Waals surface area (Å²) in [5.41, 5.74) is 1.59. The highest BCUT2D eigenvalue weighted by Crippen LogP contribution is 2.06. The van der Waals surface area contributed by atoms with Crippen molar-refractivity contribution in [3.63, 3.8) is 0 Å². The van der Waals surface area contributed by atoms with E-state index in [0.29, 0.717) is 19.4 Å². The van der Waals surface area contributed by atoms with Gasteiger partial charge in [0.15, 0.2) is 0 Å². The molecule has 0 spiro atoms. The van der Waals surface area contributed by atoms with Crippen molar-refractivity contribution in [3.8, 4) is 0 Å². The summed E-state index contributed by atoms with van der Waals surface area (Å²) in [4.78, 5) is 25.6. The maximum atomic E-state index is 11.0. The highest BCUT2D eigenvalue weighted by Gasteiger charge is 2.15. The lowest BCUT2D eigenvalue weighted by atomic mass is 10.2. The van der Waals surface area contributed by atoms with Crippen molar-refractivity contribution in [2.45, 2.75) is 39.2 Å². The van der Waals surface area contributed by atoms with Crippen LogP contribution in [0.4, 0.5) is 4.79 Å². The molecule has 0 aromatic rings. The number of nitrogens with one attached hydrogen (secondary N) is 1. The summed E-state index contributed by atoms with van der Waals surface area (Å²) in [5.74, 6) is 0. The first-order valence-electron chi connectivity index (χ1n) is 4.50. The SMILES string of the molecule is CC(C)(C)OC(=O)NOCCCC=O. The van der Waals surface area contributed by atoms with Crippen molar-refractivity contribution in [1.29, 1.82) is 0 Å². The third-order valence-electron chi connectivity index (χ3n) is 1.12. The van der Waals surface area contributed by atoms with Crippen molar-refractivity contribution in [2.24, 2.45) is 0 Å². The van der Waals surface area contributed by atoms with Gasteiger partial charge in [0.2, 0.25) is 0 Å². The van der Waals surface area contributed by atoms with Crippen molar-refractivity contribution in [1.82, 2.24) is 5.48 Å². The Kier molecular flexibility index (Phi) is 5.87. The maximum Gasteiger partial charge on any atom is 0.431 e. The van der Waals surface area contributed by atoms with E-state index in [0.717, 1.165) is 6.29 Å². The van der Waals surface area contributed by atoms with Gasteiger partial charge in [0, 0.05) is 6.42 Å². The van der Waals surface area contributed by atoms with Gasteiger partial charge < -0.3 is 9.53 Å². The number of unbranched alkanes of at least 4 members (excludes halogenated alkanes) is 1. The molecule has 0 aromatic carbocycles. The second-order valence-electron chi connectivity index (χ2n) is 3.76. The Morgan fingerprint density at radius 1 is 1.43 bits per heavy atom. The van der Waals surface area contributed by atoms with E-state index in [1.165, 1.54) is 0 Å². The van der Waals surface area contributed by atoms with E-state index in [9.17, 15) is 9.59 Å². The number of amides is 1. The second-order valence-corrected chi connectivity index (χ2v) is 3.76. The zero-order valence-corrected chi connectivity index (χ0v) is 8.83. The quantitative estimate of drug-likeness (QED) is 0.417. The van der Waals surface area contributed by atoms with E-state index >= 15 is 0 Å².